The topological polar surface area (TPSA) is 32.7 Å². The molecule has 0 spiro atoms. The van der Waals surface area contributed by atoms with Crippen LogP contribution in [0.3, 0.4) is 0 Å². The summed E-state index contributed by atoms with van der Waals surface area (Å²) in [4.78, 5) is 2.53. The van der Waals surface area contributed by atoms with E-state index in [4.69, 9.17) is 4.74 Å². The predicted octanol–water partition coefficient (Wildman–Crippen LogP) is 2.04. The van der Waals surface area contributed by atoms with Crippen molar-refractivity contribution in [1.82, 2.24) is 4.90 Å². The normalized spacial score (nSPS) is 43.7. The molecule has 3 unspecified atom stereocenters. The van der Waals surface area contributed by atoms with Gasteiger partial charge >= 0.3 is 0 Å². The van der Waals surface area contributed by atoms with Crippen molar-refractivity contribution in [3.05, 3.63) is 0 Å². The Balaban J connectivity index is 1.54. The van der Waals surface area contributed by atoms with E-state index in [1.54, 1.807) is 0 Å². The molecule has 0 radical (unpaired) electrons. The molecule has 3 heteroatoms. The second kappa shape index (κ2) is 5.48. The van der Waals surface area contributed by atoms with Gasteiger partial charge in [0.25, 0.3) is 0 Å². The van der Waals surface area contributed by atoms with E-state index in [0.717, 1.165) is 19.1 Å². The molecule has 1 N–H and O–H groups in total. The molecule has 104 valence electrons. The highest BCUT2D eigenvalue weighted by molar-refractivity contribution is 4.90. The third-order valence-corrected chi connectivity index (χ3v) is 5.34. The molecule has 2 saturated heterocycles. The molecule has 3 fully saturated rings. The molecule has 1 aliphatic carbocycles. The number of fused-ring (bicyclic) bond motifs is 1. The number of aliphatic hydroxyl groups is 1. The Kier molecular flexibility index (Phi) is 3.92. The molecular weight excluding hydrogens is 226 g/mol. The van der Waals surface area contributed by atoms with Gasteiger partial charge in [-0.25, -0.2) is 0 Å². The van der Waals surface area contributed by atoms with Gasteiger partial charge in [0.2, 0.25) is 0 Å². The molecule has 2 heterocycles. The maximum absolute atomic E-state index is 10.6. The Bertz CT molecular complexity index is 276. The fraction of sp³-hybridized carbons (Fsp3) is 1.00. The van der Waals surface area contributed by atoms with E-state index in [2.05, 4.69) is 11.8 Å². The third kappa shape index (κ3) is 2.59. The first kappa shape index (κ1) is 12.9. The van der Waals surface area contributed by atoms with Crippen LogP contribution in [0.2, 0.25) is 0 Å². The van der Waals surface area contributed by atoms with Crippen LogP contribution in [0.1, 0.15) is 45.4 Å². The summed E-state index contributed by atoms with van der Waals surface area (Å²) in [5.74, 6) is 1.33. The molecule has 3 aliphatic rings. The minimum atomic E-state index is -0.237. The number of ether oxygens (including phenoxy) is 1. The van der Waals surface area contributed by atoms with Gasteiger partial charge in [0, 0.05) is 12.6 Å². The molecule has 0 bridgehead atoms. The summed E-state index contributed by atoms with van der Waals surface area (Å²) >= 11 is 0. The lowest BCUT2D eigenvalue weighted by molar-refractivity contribution is -0.122. The maximum Gasteiger partial charge on any atom is 0.0963 e. The Hall–Kier alpha value is -0.120. The average Bonchev–Trinajstić information content (AvgIpc) is 2.86. The summed E-state index contributed by atoms with van der Waals surface area (Å²) in [6.45, 7) is 5.33. The zero-order valence-corrected chi connectivity index (χ0v) is 11.6. The van der Waals surface area contributed by atoms with Crippen LogP contribution in [0, 0.1) is 11.8 Å². The molecule has 3 rings (SSSR count). The summed E-state index contributed by atoms with van der Waals surface area (Å²) in [5, 5.41) is 10.6. The van der Waals surface area contributed by atoms with Gasteiger partial charge < -0.3 is 9.84 Å². The second-order valence-electron chi connectivity index (χ2n) is 6.67. The van der Waals surface area contributed by atoms with E-state index < -0.39 is 0 Å². The number of morpholine rings is 1. The van der Waals surface area contributed by atoms with Gasteiger partial charge in [-0.1, -0.05) is 19.8 Å². The quantitative estimate of drug-likeness (QED) is 0.817. The van der Waals surface area contributed by atoms with Crippen LogP contribution in [0.15, 0.2) is 0 Å². The van der Waals surface area contributed by atoms with Crippen molar-refractivity contribution in [1.29, 1.82) is 0 Å². The Labute approximate surface area is 110 Å². The van der Waals surface area contributed by atoms with E-state index >= 15 is 0 Å². The summed E-state index contributed by atoms with van der Waals surface area (Å²) in [6, 6.07) is 0.639. The zero-order valence-electron chi connectivity index (χ0n) is 11.6. The summed E-state index contributed by atoms with van der Waals surface area (Å²) in [5.41, 5.74) is 0. The van der Waals surface area contributed by atoms with Crippen LogP contribution in [-0.4, -0.2) is 48.0 Å². The van der Waals surface area contributed by atoms with E-state index in [0.29, 0.717) is 12.0 Å². The molecule has 18 heavy (non-hydrogen) atoms. The number of hydrogen-bond acceptors (Lipinski definition) is 3. The highest BCUT2D eigenvalue weighted by Crippen LogP contribution is 2.33. The van der Waals surface area contributed by atoms with Crippen molar-refractivity contribution in [3.63, 3.8) is 0 Å². The monoisotopic (exact) mass is 253 g/mol. The first-order valence-electron chi connectivity index (χ1n) is 7.77. The van der Waals surface area contributed by atoms with E-state index in [1.807, 2.05) is 0 Å². The minimum absolute atomic E-state index is 0.0674. The van der Waals surface area contributed by atoms with E-state index in [9.17, 15) is 5.11 Å². The van der Waals surface area contributed by atoms with Crippen molar-refractivity contribution in [3.8, 4) is 0 Å². The number of aliphatic hydroxyl groups excluding tert-OH is 1. The van der Waals surface area contributed by atoms with Crippen molar-refractivity contribution in [2.24, 2.45) is 11.8 Å². The number of rotatable bonds is 2. The van der Waals surface area contributed by atoms with Gasteiger partial charge in [-0.2, -0.15) is 0 Å². The summed E-state index contributed by atoms with van der Waals surface area (Å²) in [6.07, 6.45) is 7.34. The first-order chi connectivity index (χ1) is 8.74. The highest BCUT2D eigenvalue weighted by Gasteiger charge is 2.38. The van der Waals surface area contributed by atoms with Crippen molar-refractivity contribution in [2.45, 2.75) is 63.7 Å². The predicted molar refractivity (Wildman–Crippen MR) is 71.5 cm³/mol. The summed E-state index contributed by atoms with van der Waals surface area (Å²) in [7, 11) is 0. The molecule has 2 aliphatic heterocycles. The first-order valence-corrected chi connectivity index (χ1v) is 7.77. The molecule has 3 nitrogen and oxygen atoms in total. The van der Waals surface area contributed by atoms with Crippen LogP contribution in [-0.2, 0) is 4.74 Å². The number of hydrogen-bond donors (Lipinski definition) is 1. The van der Waals surface area contributed by atoms with Gasteiger partial charge in [-0.15, -0.1) is 0 Å². The SMILES string of the molecule is CC1CCC(C(O)C2CN3CCCC3CO2)CC1. The fourth-order valence-electron chi connectivity index (χ4n) is 3.98. The van der Waals surface area contributed by atoms with Gasteiger partial charge in [-0.3, -0.25) is 4.90 Å². The van der Waals surface area contributed by atoms with Gasteiger partial charge in [0.05, 0.1) is 18.8 Å². The van der Waals surface area contributed by atoms with Gasteiger partial charge in [-0.05, 0) is 44.1 Å². The second-order valence-corrected chi connectivity index (χ2v) is 6.67. The molecule has 0 aromatic heterocycles. The van der Waals surface area contributed by atoms with Crippen LogP contribution >= 0.6 is 0 Å². The molecule has 0 aromatic rings. The zero-order chi connectivity index (χ0) is 12.5. The van der Waals surface area contributed by atoms with Crippen LogP contribution in [0.25, 0.3) is 0 Å². The average molecular weight is 253 g/mol. The molecule has 1 saturated carbocycles. The van der Waals surface area contributed by atoms with Crippen LogP contribution < -0.4 is 0 Å². The van der Waals surface area contributed by atoms with Crippen molar-refractivity contribution in [2.75, 3.05) is 19.7 Å². The van der Waals surface area contributed by atoms with Gasteiger partial charge in [0.1, 0.15) is 0 Å². The summed E-state index contributed by atoms with van der Waals surface area (Å²) < 4.78 is 5.94. The highest BCUT2D eigenvalue weighted by atomic mass is 16.5. The lowest BCUT2D eigenvalue weighted by Gasteiger charge is -2.40. The maximum atomic E-state index is 10.6. The largest absolute Gasteiger partial charge is 0.390 e. The van der Waals surface area contributed by atoms with Crippen molar-refractivity contribution < 1.29 is 9.84 Å². The van der Waals surface area contributed by atoms with Crippen molar-refractivity contribution >= 4 is 0 Å². The Morgan fingerprint density at radius 2 is 1.94 bits per heavy atom. The van der Waals surface area contributed by atoms with E-state index in [1.165, 1.54) is 45.1 Å². The van der Waals surface area contributed by atoms with Crippen LogP contribution in [0.4, 0.5) is 0 Å². The minimum Gasteiger partial charge on any atom is -0.390 e. The van der Waals surface area contributed by atoms with Crippen LogP contribution in [0.5, 0.6) is 0 Å². The Morgan fingerprint density at radius 1 is 1.17 bits per heavy atom. The lowest BCUT2D eigenvalue weighted by atomic mass is 9.78. The molecular formula is C15H27NO2. The molecule has 3 atom stereocenters. The fourth-order valence-corrected chi connectivity index (χ4v) is 3.98. The van der Waals surface area contributed by atoms with Gasteiger partial charge in [0.15, 0.2) is 0 Å². The lowest BCUT2D eigenvalue weighted by Crippen LogP contribution is -2.52. The molecule has 0 amide bonds. The number of nitrogens with zero attached hydrogens (tertiary/aromatic N) is 1. The Morgan fingerprint density at radius 3 is 2.72 bits per heavy atom. The standard InChI is InChI=1S/C15H27NO2/c1-11-4-6-12(7-5-11)15(17)14-9-16-8-2-3-13(16)10-18-14/h11-15,17H,2-10H2,1H3. The molecule has 0 aromatic carbocycles. The third-order valence-electron chi connectivity index (χ3n) is 5.34. The smallest absolute Gasteiger partial charge is 0.0963 e. The van der Waals surface area contributed by atoms with E-state index in [-0.39, 0.29) is 12.2 Å².